The minimum Gasteiger partial charge on any atom is -0.324 e. The molecule has 1 amide bonds. The smallest absolute Gasteiger partial charge is 0.275 e. The second-order valence-corrected chi connectivity index (χ2v) is 7.08. The maximum Gasteiger partial charge on any atom is 0.275 e. The quantitative estimate of drug-likeness (QED) is 0.530. The predicted octanol–water partition coefficient (Wildman–Crippen LogP) is 3.81. The van der Waals surface area contributed by atoms with Crippen molar-refractivity contribution in [2.75, 3.05) is 5.32 Å². The number of hydrogen-bond acceptors (Lipinski definition) is 4. The van der Waals surface area contributed by atoms with E-state index < -0.39 is 11.7 Å². The number of amides is 1. The van der Waals surface area contributed by atoms with E-state index in [1.54, 1.807) is 24.5 Å². The third-order valence-corrected chi connectivity index (χ3v) is 4.82. The summed E-state index contributed by atoms with van der Waals surface area (Å²) in [7, 11) is 0. The second kappa shape index (κ2) is 8.42. The molecule has 0 saturated carbocycles. The molecule has 150 valence electrons. The summed E-state index contributed by atoms with van der Waals surface area (Å²) in [6.45, 7) is -0.293. The van der Waals surface area contributed by atoms with Gasteiger partial charge in [0.1, 0.15) is 12.4 Å². The van der Waals surface area contributed by atoms with Crippen LogP contribution in [0.15, 0.2) is 71.8 Å². The number of nitrogens with one attached hydrogen (secondary N) is 1. The zero-order chi connectivity index (χ0) is 21.1. The first kappa shape index (κ1) is 19.7. The molecule has 0 aliphatic carbocycles. The van der Waals surface area contributed by atoms with Crippen LogP contribution in [0.5, 0.6) is 0 Å². The molecule has 0 unspecified atom stereocenters. The SMILES string of the molecule is O=C(Cn1nc(Cc2cccnc2)c2ccccc2c1=O)Nc1ccc(F)c(Cl)c1. The number of anilines is 1. The van der Waals surface area contributed by atoms with E-state index >= 15 is 0 Å². The van der Waals surface area contributed by atoms with Gasteiger partial charge in [-0.3, -0.25) is 14.6 Å². The molecular formula is C22H16ClFN4O2. The molecule has 0 bridgehead atoms. The molecule has 0 saturated heterocycles. The van der Waals surface area contributed by atoms with Gasteiger partial charge in [0.2, 0.25) is 5.91 Å². The Morgan fingerprint density at radius 2 is 1.90 bits per heavy atom. The van der Waals surface area contributed by atoms with Crippen LogP contribution in [-0.2, 0) is 17.8 Å². The Morgan fingerprint density at radius 3 is 2.63 bits per heavy atom. The van der Waals surface area contributed by atoms with Gasteiger partial charge in [0, 0.05) is 29.9 Å². The van der Waals surface area contributed by atoms with Crippen molar-refractivity contribution in [2.45, 2.75) is 13.0 Å². The van der Waals surface area contributed by atoms with Gasteiger partial charge in [-0.1, -0.05) is 35.9 Å². The third-order valence-electron chi connectivity index (χ3n) is 4.54. The first-order chi connectivity index (χ1) is 14.5. The number of rotatable bonds is 5. The van der Waals surface area contributed by atoms with E-state index in [0.29, 0.717) is 23.2 Å². The standard InChI is InChI=1S/C22H16ClFN4O2/c23-18-11-15(7-8-19(18)24)26-21(29)13-28-22(30)17-6-2-1-5-16(17)20(27-28)10-14-4-3-9-25-12-14/h1-9,11-12H,10,13H2,(H,26,29). The van der Waals surface area contributed by atoms with E-state index in [-0.39, 0.29) is 17.1 Å². The third kappa shape index (κ3) is 4.21. The lowest BCUT2D eigenvalue weighted by Gasteiger charge is -2.12. The van der Waals surface area contributed by atoms with Gasteiger partial charge in [0.25, 0.3) is 5.56 Å². The number of aromatic nitrogens is 3. The summed E-state index contributed by atoms with van der Waals surface area (Å²) >= 11 is 5.75. The van der Waals surface area contributed by atoms with Crippen molar-refractivity contribution in [3.05, 3.63) is 99.4 Å². The van der Waals surface area contributed by atoms with Crippen molar-refractivity contribution in [3.8, 4) is 0 Å². The summed E-state index contributed by atoms with van der Waals surface area (Å²) in [6, 6.07) is 14.8. The average Bonchev–Trinajstić information content (AvgIpc) is 2.75. The molecular weight excluding hydrogens is 407 g/mol. The van der Waals surface area contributed by atoms with Crippen LogP contribution in [0.25, 0.3) is 10.8 Å². The normalized spacial score (nSPS) is 10.9. The van der Waals surface area contributed by atoms with Gasteiger partial charge in [0.15, 0.2) is 0 Å². The van der Waals surface area contributed by atoms with E-state index in [2.05, 4.69) is 15.4 Å². The summed E-state index contributed by atoms with van der Waals surface area (Å²) in [6.07, 6.45) is 3.88. The highest BCUT2D eigenvalue weighted by Gasteiger charge is 2.14. The number of hydrogen-bond donors (Lipinski definition) is 1. The molecule has 2 aromatic carbocycles. The first-order valence-electron chi connectivity index (χ1n) is 9.14. The Hall–Kier alpha value is -3.58. The molecule has 1 N–H and O–H groups in total. The Balaban J connectivity index is 1.66. The summed E-state index contributed by atoms with van der Waals surface area (Å²) in [5.74, 6) is -1.06. The van der Waals surface area contributed by atoms with Crippen LogP contribution >= 0.6 is 11.6 Å². The van der Waals surface area contributed by atoms with Crippen molar-refractivity contribution in [1.82, 2.24) is 14.8 Å². The Kier molecular flexibility index (Phi) is 5.54. The largest absolute Gasteiger partial charge is 0.324 e. The Labute approximate surface area is 176 Å². The van der Waals surface area contributed by atoms with E-state index in [0.717, 1.165) is 21.7 Å². The molecule has 0 aliphatic heterocycles. The summed E-state index contributed by atoms with van der Waals surface area (Å²) in [5.41, 5.74) is 1.56. The zero-order valence-corrected chi connectivity index (χ0v) is 16.4. The van der Waals surface area contributed by atoms with Crippen LogP contribution < -0.4 is 10.9 Å². The first-order valence-corrected chi connectivity index (χ1v) is 9.51. The molecule has 0 atom stereocenters. The van der Waals surface area contributed by atoms with Gasteiger partial charge in [-0.15, -0.1) is 0 Å². The molecule has 8 heteroatoms. The Morgan fingerprint density at radius 1 is 1.10 bits per heavy atom. The minimum absolute atomic E-state index is 0.104. The van der Waals surface area contributed by atoms with Gasteiger partial charge in [-0.2, -0.15) is 5.10 Å². The van der Waals surface area contributed by atoms with Gasteiger partial charge >= 0.3 is 0 Å². The van der Waals surface area contributed by atoms with Gasteiger partial charge in [-0.25, -0.2) is 9.07 Å². The van der Waals surface area contributed by atoms with Crippen molar-refractivity contribution in [1.29, 1.82) is 0 Å². The average molecular weight is 423 g/mol. The second-order valence-electron chi connectivity index (χ2n) is 6.67. The molecule has 30 heavy (non-hydrogen) atoms. The van der Waals surface area contributed by atoms with Crippen LogP contribution in [0.2, 0.25) is 5.02 Å². The van der Waals surface area contributed by atoms with Crippen molar-refractivity contribution >= 4 is 34.0 Å². The molecule has 0 aliphatic rings. The van der Waals surface area contributed by atoms with E-state index in [1.807, 2.05) is 24.3 Å². The fourth-order valence-corrected chi connectivity index (χ4v) is 3.33. The number of carbonyl (C=O) groups excluding carboxylic acids is 1. The van der Waals surface area contributed by atoms with E-state index in [9.17, 15) is 14.0 Å². The number of carbonyl (C=O) groups is 1. The lowest BCUT2D eigenvalue weighted by molar-refractivity contribution is -0.117. The van der Waals surface area contributed by atoms with Gasteiger partial charge in [0.05, 0.1) is 16.1 Å². The van der Waals surface area contributed by atoms with Crippen LogP contribution in [-0.4, -0.2) is 20.7 Å². The molecule has 0 fully saturated rings. The lowest BCUT2D eigenvalue weighted by atomic mass is 10.1. The van der Waals surface area contributed by atoms with Crippen LogP contribution in [0.3, 0.4) is 0 Å². The van der Waals surface area contributed by atoms with Crippen molar-refractivity contribution in [2.24, 2.45) is 0 Å². The molecule has 0 radical (unpaired) electrons. The topological polar surface area (TPSA) is 76.9 Å². The number of nitrogens with zero attached hydrogens (tertiary/aromatic N) is 3. The highest BCUT2D eigenvalue weighted by atomic mass is 35.5. The summed E-state index contributed by atoms with van der Waals surface area (Å²) in [4.78, 5) is 29.4. The minimum atomic E-state index is -0.581. The maximum absolute atomic E-state index is 13.3. The predicted molar refractivity (Wildman–Crippen MR) is 113 cm³/mol. The van der Waals surface area contributed by atoms with Crippen molar-refractivity contribution < 1.29 is 9.18 Å². The van der Waals surface area contributed by atoms with E-state index in [1.165, 1.54) is 12.1 Å². The maximum atomic E-state index is 13.3. The summed E-state index contributed by atoms with van der Waals surface area (Å²) < 4.78 is 14.4. The molecule has 4 rings (SSSR count). The van der Waals surface area contributed by atoms with Crippen LogP contribution in [0.1, 0.15) is 11.3 Å². The van der Waals surface area contributed by atoms with Crippen molar-refractivity contribution in [3.63, 3.8) is 0 Å². The Bertz CT molecular complexity index is 1290. The monoisotopic (exact) mass is 422 g/mol. The molecule has 6 nitrogen and oxygen atoms in total. The zero-order valence-electron chi connectivity index (χ0n) is 15.7. The number of halogens is 2. The highest BCUT2D eigenvalue weighted by Crippen LogP contribution is 2.20. The van der Waals surface area contributed by atoms with E-state index in [4.69, 9.17) is 11.6 Å². The fourth-order valence-electron chi connectivity index (χ4n) is 3.15. The number of benzene rings is 2. The molecule has 4 aromatic rings. The molecule has 2 heterocycles. The van der Waals surface area contributed by atoms with Crippen LogP contribution in [0.4, 0.5) is 10.1 Å². The summed E-state index contributed by atoms with van der Waals surface area (Å²) in [5, 5.41) is 8.14. The van der Waals surface area contributed by atoms with Gasteiger partial charge in [-0.05, 0) is 35.9 Å². The highest BCUT2D eigenvalue weighted by molar-refractivity contribution is 6.31. The molecule has 0 spiro atoms. The lowest BCUT2D eigenvalue weighted by Crippen LogP contribution is -2.30. The number of pyridine rings is 1. The fraction of sp³-hybridized carbons (Fsp3) is 0.0909. The molecule has 2 aromatic heterocycles. The van der Waals surface area contributed by atoms with Crippen LogP contribution in [0, 0.1) is 5.82 Å². The van der Waals surface area contributed by atoms with Gasteiger partial charge < -0.3 is 5.32 Å². The number of fused-ring (bicyclic) bond motifs is 1.